The van der Waals surface area contributed by atoms with E-state index in [0.717, 1.165) is 5.69 Å². The lowest BCUT2D eigenvalue weighted by Crippen LogP contribution is -2.14. The van der Waals surface area contributed by atoms with Gasteiger partial charge in [0.25, 0.3) is 5.91 Å². The molecule has 2 rings (SSSR count). The lowest BCUT2D eigenvalue weighted by Gasteiger charge is -1.98. The van der Waals surface area contributed by atoms with Gasteiger partial charge in [-0.05, 0) is 5.92 Å². The van der Waals surface area contributed by atoms with E-state index in [0.29, 0.717) is 11.7 Å². The van der Waals surface area contributed by atoms with Crippen LogP contribution in [-0.4, -0.2) is 26.1 Å². The van der Waals surface area contributed by atoms with Gasteiger partial charge in [-0.25, -0.2) is 4.79 Å². The smallest absolute Gasteiger partial charge is 0.312 e. The van der Waals surface area contributed by atoms with Gasteiger partial charge in [-0.15, -0.1) is 0 Å². The summed E-state index contributed by atoms with van der Waals surface area (Å²) in [5.41, 5.74) is 0.687. The van der Waals surface area contributed by atoms with E-state index < -0.39 is 11.6 Å². The standard InChI is InChI=1S/C10H13N5O2/c1-5(2)6-3-8(15-14-6)13-9(16)7-4-11-10(17)12-7/h3-5H,1-2H3,(H2,11,12,17)(H2,13,14,15,16). The van der Waals surface area contributed by atoms with E-state index in [9.17, 15) is 9.59 Å². The zero-order valence-electron chi connectivity index (χ0n) is 9.50. The van der Waals surface area contributed by atoms with Crippen LogP contribution in [0.15, 0.2) is 17.1 Å². The Hall–Kier alpha value is -2.31. The first-order valence-corrected chi connectivity index (χ1v) is 5.20. The van der Waals surface area contributed by atoms with Crippen molar-refractivity contribution in [2.75, 3.05) is 5.32 Å². The fourth-order valence-corrected chi connectivity index (χ4v) is 1.33. The van der Waals surface area contributed by atoms with E-state index in [4.69, 9.17) is 0 Å². The Balaban J connectivity index is 2.10. The molecule has 17 heavy (non-hydrogen) atoms. The van der Waals surface area contributed by atoms with Crippen molar-refractivity contribution in [1.82, 2.24) is 20.2 Å². The Morgan fingerprint density at radius 1 is 1.47 bits per heavy atom. The van der Waals surface area contributed by atoms with Gasteiger partial charge in [-0.3, -0.25) is 9.89 Å². The summed E-state index contributed by atoms with van der Waals surface area (Å²) in [6.45, 7) is 4.03. The van der Waals surface area contributed by atoms with E-state index in [-0.39, 0.29) is 5.69 Å². The molecular formula is C10H13N5O2. The van der Waals surface area contributed by atoms with Crippen molar-refractivity contribution in [3.8, 4) is 0 Å². The fourth-order valence-electron chi connectivity index (χ4n) is 1.33. The Kier molecular flexibility index (Phi) is 2.82. The van der Waals surface area contributed by atoms with Crippen molar-refractivity contribution in [3.05, 3.63) is 34.1 Å². The van der Waals surface area contributed by atoms with Crippen LogP contribution in [0.2, 0.25) is 0 Å². The number of nitrogens with one attached hydrogen (secondary N) is 4. The molecule has 0 radical (unpaired) electrons. The van der Waals surface area contributed by atoms with Gasteiger partial charge < -0.3 is 15.3 Å². The second-order valence-electron chi connectivity index (χ2n) is 3.97. The molecule has 0 saturated heterocycles. The molecule has 2 aromatic rings. The van der Waals surface area contributed by atoms with Gasteiger partial charge >= 0.3 is 5.69 Å². The summed E-state index contributed by atoms with van der Waals surface area (Å²) in [6.07, 6.45) is 1.31. The number of rotatable bonds is 3. The van der Waals surface area contributed by atoms with Gasteiger partial charge in [0.2, 0.25) is 0 Å². The average molecular weight is 235 g/mol. The molecule has 0 fully saturated rings. The first-order valence-electron chi connectivity index (χ1n) is 5.20. The first kappa shape index (κ1) is 11.2. The zero-order valence-corrected chi connectivity index (χ0v) is 9.50. The number of anilines is 1. The molecule has 0 saturated carbocycles. The monoisotopic (exact) mass is 235 g/mol. The second-order valence-corrected chi connectivity index (χ2v) is 3.97. The summed E-state index contributed by atoms with van der Waals surface area (Å²) in [5.74, 6) is 0.325. The minimum atomic E-state index is -0.417. The predicted octanol–water partition coefficient (Wildman–Crippen LogP) is 0.802. The molecule has 7 heteroatoms. The van der Waals surface area contributed by atoms with E-state index in [1.807, 2.05) is 13.8 Å². The van der Waals surface area contributed by atoms with Crippen LogP contribution >= 0.6 is 0 Å². The molecule has 0 aliphatic rings. The Morgan fingerprint density at radius 2 is 2.24 bits per heavy atom. The van der Waals surface area contributed by atoms with Gasteiger partial charge in [0.1, 0.15) is 5.69 Å². The summed E-state index contributed by atoms with van der Waals surface area (Å²) in [5, 5.41) is 9.35. The Bertz CT molecular complexity index is 577. The minimum Gasteiger partial charge on any atom is -0.312 e. The number of imidazole rings is 1. The maximum Gasteiger partial charge on any atom is 0.323 e. The van der Waals surface area contributed by atoms with Crippen LogP contribution < -0.4 is 11.0 Å². The molecule has 7 nitrogen and oxygen atoms in total. The van der Waals surface area contributed by atoms with Crippen LogP contribution in [0.4, 0.5) is 5.82 Å². The lowest BCUT2D eigenvalue weighted by atomic mass is 10.1. The SMILES string of the molecule is CC(C)c1cc(NC(=O)c2c[nH]c(=O)[nH]2)n[nH]1. The average Bonchev–Trinajstić information content (AvgIpc) is 2.86. The lowest BCUT2D eigenvalue weighted by molar-refractivity contribution is 0.102. The molecular weight excluding hydrogens is 222 g/mol. The van der Waals surface area contributed by atoms with Gasteiger partial charge in [0.15, 0.2) is 5.82 Å². The normalized spacial score (nSPS) is 10.8. The van der Waals surface area contributed by atoms with Crippen molar-refractivity contribution >= 4 is 11.7 Å². The van der Waals surface area contributed by atoms with Crippen LogP contribution in [0.25, 0.3) is 0 Å². The van der Waals surface area contributed by atoms with Crippen LogP contribution in [-0.2, 0) is 0 Å². The maximum atomic E-state index is 11.7. The molecule has 0 aliphatic heterocycles. The van der Waals surface area contributed by atoms with Gasteiger partial charge in [-0.1, -0.05) is 13.8 Å². The van der Waals surface area contributed by atoms with Crippen molar-refractivity contribution in [2.24, 2.45) is 0 Å². The number of aromatic nitrogens is 4. The number of carbonyl (C=O) groups excluding carboxylic acids is 1. The third kappa shape index (κ3) is 2.44. The van der Waals surface area contributed by atoms with Crippen LogP contribution in [0.3, 0.4) is 0 Å². The number of amides is 1. The van der Waals surface area contributed by atoms with Crippen molar-refractivity contribution < 1.29 is 4.79 Å². The molecule has 0 aromatic carbocycles. The van der Waals surface area contributed by atoms with Crippen LogP contribution in [0.1, 0.15) is 35.9 Å². The number of aromatic amines is 3. The summed E-state index contributed by atoms with van der Waals surface area (Å²) in [6, 6.07) is 1.76. The molecule has 0 atom stereocenters. The van der Waals surface area contributed by atoms with Crippen molar-refractivity contribution in [1.29, 1.82) is 0 Å². The highest BCUT2D eigenvalue weighted by molar-refractivity contribution is 6.02. The van der Waals surface area contributed by atoms with E-state index in [1.165, 1.54) is 6.20 Å². The molecule has 0 bridgehead atoms. The topological polar surface area (TPSA) is 106 Å². The quantitative estimate of drug-likeness (QED) is 0.632. The number of nitrogens with zero attached hydrogens (tertiary/aromatic N) is 1. The largest absolute Gasteiger partial charge is 0.323 e. The molecule has 0 aliphatic carbocycles. The number of hydrogen-bond donors (Lipinski definition) is 4. The molecule has 0 unspecified atom stereocenters. The Morgan fingerprint density at radius 3 is 2.76 bits per heavy atom. The van der Waals surface area contributed by atoms with E-state index >= 15 is 0 Å². The van der Waals surface area contributed by atoms with Crippen molar-refractivity contribution in [3.63, 3.8) is 0 Å². The molecule has 4 N–H and O–H groups in total. The van der Waals surface area contributed by atoms with Crippen LogP contribution in [0, 0.1) is 0 Å². The molecule has 0 spiro atoms. The predicted molar refractivity (Wildman–Crippen MR) is 62.0 cm³/mol. The van der Waals surface area contributed by atoms with Gasteiger partial charge in [-0.2, -0.15) is 5.10 Å². The summed E-state index contributed by atoms with van der Waals surface area (Å²) in [7, 11) is 0. The Labute approximate surface area is 96.6 Å². The van der Waals surface area contributed by atoms with E-state index in [2.05, 4.69) is 25.5 Å². The zero-order chi connectivity index (χ0) is 12.4. The number of H-pyrrole nitrogens is 3. The van der Waals surface area contributed by atoms with E-state index in [1.54, 1.807) is 6.07 Å². The highest BCUT2D eigenvalue weighted by Gasteiger charge is 2.11. The summed E-state index contributed by atoms with van der Waals surface area (Å²) < 4.78 is 0. The fraction of sp³-hybridized carbons (Fsp3) is 0.300. The minimum absolute atomic E-state index is 0.170. The highest BCUT2D eigenvalue weighted by atomic mass is 16.2. The van der Waals surface area contributed by atoms with Crippen molar-refractivity contribution in [2.45, 2.75) is 19.8 Å². The van der Waals surface area contributed by atoms with Gasteiger partial charge in [0, 0.05) is 18.0 Å². The first-order chi connectivity index (χ1) is 8.06. The molecule has 90 valence electrons. The third-order valence-electron chi connectivity index (χ3n) is 2.30. The summed E-state index contributed by atoms with van der Waals surface area (Å²) in [4.78, 5) is 27.2. The summed E-state index contributed by atoms with van der Waals surface area (Å²) >= 11 is 0. The molecule has 2 aromatic heterocycles. The molecule has 2 heterocycles. The van der Waals surface area contributed by atoms with Crippen LogP contribution in [0.5, 0.6) is 0 Å². The highest BCUT2D eigenvalue weighted by Crippen LogP contribution is 2.14. The molecule has 1 amide bonds. The maximum absolute atomic E-state index is 11.7. The number of hydrogen-bond acceptors (Lipinski definition) is 3. The third-order valence-corrected chi connectivity index (χ3v) is 2.30. The second kappa shape index (κ2) is 4.28. The number of carbonyl (C=O) groups is 1. The van der Waals surface area contributed by atoms with Gasteiger partial charge in [0.05, 0.1) is 0 Å².